The normalized spacial score (nSPS) is 6.83. The van der Waals surface area contributed by atoms with E-state index in [1.165, 1.54) is 0 Å². The minimum atomic E-state index is -1.06. The zero-order valence-corrected chi connectivity index (χ0v) is 2.83. The van der Waals surface area contributed by atoms with Gasteiger partial charge in [0.2, 0.25) is 6.26 Å². The van der Waals surface area contributed by atoms with Crippen LogP contribution in [0.3, 0.4) is 0 Å². The van der Waals surface area contributed by atoms with Crippen molar-refractivity contribution >= 4 is 0 Å². The summed E-state index contributed by atoms with van der Waals surface area (Å²) in [5.74, 6) is -1.06. The van der Waals surface area contributed by atoms with Gasteiger partial charge in [-0.1, -0.05) is 0 Å². The molecule has 36 valence electrons. The fourth-order valence-corrected chi connectivity index (χ4v) is 0.0471. The van der Waals surface area contributed by atoms with Gasteiger partial charge in [-0.05, 0) is 0 Å². The lowest BCUT2D eigenvalue weighted by atomic mass is 11.0. The first kappa shape index (κ1) is 5.10. The van der Waals surface area contributed by atoms with Crippen molar-refractivity contribution in [3.05, 3.63) is 12.2 Å². The first-order valence-corrected chi connectivity index (χ1v) is 1.15. The van der Waals surface area contributed by atoms with E-state index in [1.54, 1.807) is 0 Å². The molecule has 4 nitrogen and oxygen atoms in total. The molecule has 0 atom stereocenters. The summed E-state index contributed by atoms with van der Waals surface area (Å²) in [5, 5.41) is 22.7. The largest absolute Gasteiger partial charge is 0.479 e. The second-order valence-corrected chi connectivity index (χ2v) is 0.581. The zero-order chi connectivity index (χ0) is 4.99. The van der Waals surface area contributed by atoms with Crippen LogP contribution in [-0.2, 0) is 4.89 Å². The molecule has 0 saturated carbocycles. The zero-order valence-electron chi connectivity index (χ0n) is 2.83. The molecule has 0 spiro atoms. The van der Waals surface area contributed by atoms with Crippen LogP contribution in [0.5, 0.6) is 0 Å². The van der Waals surface area contributed by atoms with Gasteiger partial charge in [-0.3, -0.25) is 0 Å². The lowest BCUT2D eigenvalue weighted by Crippen LogP contribution is -1.75. The minimum absolute atomic E-state index is 0.375. The number of hydrogen-bond acceptors (Lipinski definition) is 4. The van der Waals surface area contributed by atoms with Crippen LogP contribution in [0.15, 0.2) is 12.2 Å². The van der Waals surface area contributed by atoms with Crippen molar-refractivity contribution in [3.63, 3.8) is 0 Å². The Morgan fingerprint density at radius 3 is 2.00 bits per heavy atom. The molecule has 0 rings (SSSR count). The van der Waals surface area contributed by atoms with Gasteiger partial charge in [-0.2, -0.15) is 0 Å². The van der Waals surface area contributed by atoms with E-state index in [9.17, 15) is 0 Å². The minimum Gasteiger partial charge on any atom is -0.479 e. The van der Waals surface area contributed by atoms with Crippen molar-refractivity contribution in [3.8, 4) is 0 Å². The maximum Gasteiger partial charge on any atom is 0.314 e. The Labute approximate surface area is 33.8 Å². The average Bonchev–Trinajstić information content (AvgIpc) is 1.35. The summed E-state index contributed by atoms with van der Waals surface area (Å²) in [6.45, 7) is 0. The average molecular weight is 92.0 g/mol. The molecule has 0 bridgehead atoms. The lowest BCUT2D eigenvalue weighted by Gasteiger charge is -1.80. The molecule has 0 aliphatic rings. The molecule has 0 aliphatic heterocycles. The molecule has 6 heavy (non-hydrogen) atoms. The van der Waals surface area contributed by atoms with Crippen LogP contribution in [0, 0.1) is 0 Å². The second kappa shape index (κ2) is 2.34. The van der Waals surface area contributed by atoms with E-state index in [1.807, 2.05) is 0 Å². The SMILES string of the molecule is OOC=C(O)O. The van der Waals surface area contributed by atoms with Crippen LogP contribution in [0.4, 0.5) is 0 Å². The predicted octanol–water partition coefficient (Wildman–Crippen LogP) is 0.391. The maximum absolute atomic E-state index is 7.68. The Hall–Kier alpha value is -0.900. The Bertz CT molecular complexity index is 52.6. The molecule has 0 saturated heterocycles. The van der Waals surface area contributed by atoms with Crippen LogP contribution in [0.2, 0.25) is 0 Å². The molecule has 0 fully saturated rings. The molecular formula is C2H4O4. The van der Waals surface area contributed by atoms with Crippen molar-refractivity contribution < 1.29 is 20.4 Å². The molecular weight excluding hydrogens is 88.0 g/mol. The summed E-state index contributed by atoms with van der Waals surface area (Å²) in [5.41, 5.74) is 0. The third-order valence-corrected chi connectivity index (χ3v) is 0.158. The van der Waals surface area contributed by atoms with Gasteiger partial charge < -0.3 is 15.1 Å². The summed E-state index contributed by atoms with van der Waals surface area (Å²) in [4.78, 5) is 3.14. The van der Waals surface area contributed by atoms with Crippen molar-refractivity contribution in [1.82, 2.24) is 0 Å². The van der Waals surface area contributed by atoms with Crippen LogP contribution in [-0.4, -0.2) is 15.5 Å². The highest BCUT2D eigenvalue weighted by Gasteiger charge is 1.76. The van der Waals surface area contributed by atoms with Crippen LogP contribution in [0.25, 0.3) is 0 Å². The number of rotatable bonds is 1. The predicted molar refractivity (Wildman–Crippen MR) is 17.1 cm³/mol. The van der Waals surface area contributed by atoms with Crippen molar-refractivity contribution in [2.24, 2.45) is 0 Å². The van der Waals surface area contributed by atoms with Crippen LogP contribution in [0.1, 0.15) is 0 Å². The molecule has 0 unspecified atom stereocenters. The Balaban J connectivity index is 3.14. The van der Waals surface area contributed by atoms with E-state index >= 15 is 0 Å². The smallest absolute Gasteiger partial charge is 0.314 e. The first-order valence-electron chi connectivity index (χ1n) is 1.15. The Morgan fingerprint density at radius 1 is 1.50 bits per heavy atom. The first-order chi connectivity index (χ1) is 2.77. The van der Waals surface area contributed by atoms with E-state index in [4.69, 9.17) is 15.5 Å². The maximum atomic E-state index is 7.68. The highest BCUT2D eigenvalue weighted by atomic mass is 17.1. The van der Waals surface area contributed by atoms with E-state index < -0.39 is 5.95 Å². The van der Waals surface area contributed by atoms with Gasteiger partial charge in [0.15, 0.2) is 0 Å². The molecule has 3 N–H and O–H groups in total. The third kappa shape index (κ3) is 3.10. The van der Waals surface area contributed by atoms with Gasteiger partial charge in [0, 0.05) is 0 Å². The summed E-state index contributed by atoms with van der Waals surface area (Å²) < 4.78 is 0. The number of aliphatic hydroxyl groups excluding tert-OH is 1. The standard InChI is InChI=1S/C2H4O4/c3-2(4)1-6-5/h1,3-5H. The van der Waals surface area contributed by atoms with E-state index in [2.05, 4.69) is 4.89 Å². The molecule has 0 radical (unpaired) electrons. The fraction of sp³-hybridized carbons (Fsp3) is 0. The van der Waals surface area contributed by atoms with Crippen LogP contribution < -0.4 is 0 Å². The monoisotopic (exact) mass is 92.0 g/mol. The van der Waals surface area contributed by atoms with Gasteiger partial charge in [-0.15, -0.1) is 0 Å². The summed E-state index contributed by atoms with van der Waals surface area (Å²) in [7, 11) is 0. The lowest BCUT2D eigenvalue weighted by molar-refractivity contribution is -0.192. The highest BCUT2D eigenvalue weighted by molar-refractivity contribution is 4.64. The molecule has 0 aromatic heterocycles. The van der Waals surface area contributed by atoms with Gasteiger partial charge in [-0.25, -0.2) is 5.26 Å². The van der Waals surface area contributed by atoms with Gasteiger partial charge in [0.1, 0.15) is 0 Å². The van der Waals surface area contributed by atoms with Gasteiger partial charge in [0.05, 0.1) is 0 Å². The highest BCUT2D eigenvalue weighted by Crippen LogP contribution is 1.74. The van der Waals surface area contributed by atoms with Gasteiger partial charge >= 0.3 is 5.95 Å². The number of aliphatic hydroxyl groups is 2. The molecule has 0 aliphatic carbocycles. The molecule has 0 amide bonds. The summed E-state index contributed by atoms with van der Waals surface area (Å²) >= 11 is 0. The quantitative estimate of drug-likeness (QED) is 0.248. The Morgan fingerprint density at radius 2 is 2.00 bits per heavy atom. The summed E-state index contributed by atoms with van der Waals surface area (Å²) in [6, 6.07) is 0. The molecule has 0 aromatic carbocycles. The fourth-order valence-electron chi connectivity index (χ4n) is 0.0471. The topological polar surface area (TPSA) is 69.9 Å². The van der Waals surface area contributed by atoms with Gasteiger partial charge in [0.25, 0.3) is 0 Å². The summed E-state index contributed by atoms with van der Waals surface area (Å²) in [6.07, 6.45) is 0.375. The van der Waals surface area contributed by atoms with E-state index in [0.29, 0.717) is 6.26 Å². The molecule has 0 heterocycles. The van der Waals surface area contributed by atoms with Crippen molar-refractivity contribution in [1.29, 1.82) is 0 Å². The Kier molecular flexibility index (Phi) is 1.99. The van der Waals surface area contributed by atoms with Crippen LogP contribution >= 0.6 is 0 Å². The van der Waals surface area contributed by atoms with Crippen molar-refractivity contribution in [2.75, 3.05) is 0 Å². The molecule has 0 aromatic rings. The third-order valence-electron chi connectivity index (χ3n) is 0.158. The van der Waals surface area contributed by atoms with E-state index in [-0.39, 0.29) is 0 Å². The van der Waals surface area contributed by atoms with Crippen molar-refractivity contribution in [2.45, 2.75) is 0 Å². The van der Waals surface area contributed by atoms with E-state index in [0.717, 1.165) is 0 Å². The number of hydrogen-bond donors (Lipinski definition) is 3. The molecule has 4 heteroatoms. The second-order valence-electron chi connectivity index (χ2n) is 0.581.